The van der Waals surface area contributed by atoms with Crippen molar-refractivity contribution in [2.45, 2.75) is 20.8 Å². The summed E-state index contributed by atoms with van der Waals surface area (Å²) in [5.74, 6) is 0.740. The Morgan fingerprint density at radius 1 is 1.25 bits per heavy atom. The van der Waals surface area contributed by atoms with Crippen molar-refractivity contribution >= 4 is 17.4 Å². The van der Waals surface area contributed by atoms with Crippen molar-refractivity contribution in [3.05, 3.63) is 16.5 Å². The predicted octanol–water partition coefficient (Wildman–Crippen LogP) is 2.22. The van der Waals surface area contributed by atoms with Crippen molar-refractivity contribution < 1.29 is 4.74 Å². The summed E-state index contributed by atoms with van der Waals surface area (Å²) in [7, 11) is 1.68. The normalized spacial score (nSPS) is 10.6. The van der Waals surface area contributed by atoms with Crippen LogP contribution in [0.2, 0.25) is 5.15 Å². The van der Waals surface area contributed by atoms with Crippen LogP contribution in [0, 0.1) is 13.8 Å². The zero-order valence-electron chi connectivity index (χ0n) is 10.2. The summed E-state index contributed by atoms with van der Waals surface area (Å²) >= 11 is 6.10. The van der Waals surface area contributed by atoms with Crippen LogP contribution in [0.1, 0.15) is 18.3 Å². The summed E-state index contributed by atoms with van der Waals surface area (Å²) < 4.78 is 5.06. The van der Waals surface area contributed by atoms with Gasteiger partial charge in [0.25, 0.3) is 0 Å². The third-order valence-corrected chi connectivity index (χ3v) is 2.75. The largest absolute Gasteiger partial charge is 0.383 e. The van der Waals surface area contributed by atoms with E-state index in [-0.39, 0.29) is 0 Å². The van der Waals surface area contributed by atoms with Crippen LogP contribution in [0.15, 0.2) is 0 Å². The molecule has 0 unspecified atom stereocenters. The van der Waals surface area contributed by atoms with Gasteiger partial charge in [-0.25, -0.2) is 9.97 Å². The highest BCUT2D eigenvalue weighted by Crippen LogP contribution is 2.22. The van der Waals surface area contributed by atoms with E-state index in [4.69, 9.17) is 16.3 Å². The Labute approximate surface area is 102 Å². The molecule has 0 bridgehead atoms. The summed E-state index contributed by atoms with van der Waals surface area (Å²) in [5.41, 5.74) is 1.78. The second kappa shape index (κ2) is 6.01. The van der Waals surface area contributed by atoms with E-state index in [1.807, 2.05) is 13.8 Å². The molecular formula is C11H18ClN3O. The molecule has 0 N–H and O–H groups in total. The molecule has 90 valence electrons. The molecule has 0 aliphatic heterocycles. The zero-order valence-corrected chi connectivity index (χ0v) is 11.0. The summed E-state index contributed by atoms with van der Waals surface area (Å²) in [4.78, 5) is 10.8. The van der Waals surface area contributed by atoms with E-state index >= 15 is 0 Å². The number of likely N-dealkylation sites (N-methyl/N-ethyl adjacent to an activating group) is 1. The maximum Gasteiger partial charge on any atom is 0.171 e. The molecule has 5 heteroatoms. The minimum absolute atomic E-state index is 0.459. The van der Waals surface area contributed by atoms with Gasteiger partial charge in [0.05, 0.1) is 18.0 Å². The monoisotopic (exact) mass is 243 g/mol. The minimum atomic E-state index is 0.459. The fourth-order valence-corrected chi connectivity index (χ4v) is 1.67. The Kier molecular flexibility index (Phi) is 4.96. The quantitative estimate of drug-likeness (QED) is 0.795. The van der Waals surface area contributed by atoms with Gasteiger partial charge >= 0.3 is 0 Å². The van der Waals surface area contributed by atoms with E-state index < -0.39 is 0 Å². The second-order valence-electron chi connectivity index (χ2n) is 3.58. The standard InChI is InChI=1S/C11H18ClN3O/c1-5-15(6-7-16-4)11-10(12)13-8(2)9(3)14-11/h5-7H2,1-4H3. The van der Waals surface area contributed by atoms with Gasteiger partial charge in [-0.3, -0.25) is 0 Å². The molecule has 0 amide bonds. The third kappa shape index (κ3) is 3.06. The Morgan fingerprint density at radius 2 is 1.88 bits per heavy atom. The van der Waals surface area contributed by atoms with E-state index in [1.54, 1.807) is 7.11 Å². The lowest BCUT2D eigenvalue weighted by molar-refractivity contribution is 0.205. The topological polar surface area (TPSA) is 38.2 Å². The second-order valence-corrected chi connectivity index (χ2v) is 3.94. The van der Waals surface area contributed by atoms with Crippen molar-refractivity contribution in [1.82, 2.24) is 9.97 Å². The third-order valence-electron chi connectivity index (χ3n) is 2.49. The average Bonchev–Trinajstić information content (AvgIpc) is 2.26. The van der Waals surface area contributed by atoms with Gasteiger partial charge in [-0.1, -0.05) is 11.6 Å². The van der Waals surface area contributed by atoms with Crippen molar-refractivity contribution in [1.29, 1.82) is 0 Å². The molecule has 16 heavy (non-hydrogen) atoms. The molecule has 0 spiro atoms. The Morgan fingerprint density at radius 3 is 2.44 bits per heavy atom. The molecule has 0 aromatic carbocycles. The van der Waals surface area contributed by atoms with Crippen molar-refractivity contribution in [2.75, 3.05) is 31.7 Å². The van der Waals surface area contributed by atoms with Gasteiger partial charge in [0.1, 0.15) is 0 Å². The first-order valence-corrected chi connectivity index (χ1v) is 5.72. The van der Waals surface area contributed by atoms with Crippen LogP contribution in [0.25, 0.3) is 0 Å². The minimum Gasteiger partial charge on any atom is -0.383 e. The highest BCUT2D eigenvalue weighted by atomic mass is 35.5. The number of methoxy groups -OCH3 is 1. The molecule has 1 rings (SSSR count). The molecule has 1 aromatic heterocycles. The zero-order chi connectivity index (χ0) is 12.1. The maximum absolute atomic E-state index is 6.10. The van der Waals surface area contributed by atoms with E-state index in [0.29, 0.717) is 11.8 Å². The molecular weight excluding hydrogens is 226 g/mol. The lowest BCUT2D eigenvalue weighted by Gasteiger charge is -2.22. The van der Waals surface area contributed by atoms with Gasteiger partial charge in [0, 0.05) is 20.2 Å². The van der Waals surface area contributed by atoms with Crippen LogP contribution in [0.3, 0.4) is 0 Å². The van der Waals surface area contributed by atoms with Crippen molar-refractivity contribution in [3.63, 3.8) is 0 Å². The Hall–Kier alpha value is -0.870. The highest BCUT2D eigenvalue weighted by Gasteiger charge is 2.13. The molecule has 0 saturated heterocycles. The van der Waals surface area contributed by atoms with E-state index in [1.165, 1.54) is 0 Å². The fraction of sp³-hybridized carbons (Fsp3) is 0.636. The first-order valence-electron chi connectivity index (χ1n) is 5.34. The van der Waals surface area contributed by atoms with Crippen LogP contribution in [0.5, 0.6) is 0 Å². The van der Waals surface area contributed by atoms with Gasteiger partial charge in [0.2, 0.25) is 0 Å². The van der Waals surface area contributed by atoms with E-state index in [2.05, 4.69) is 21.8 Å². The molecule has 0 atom stereocenters. The highest BCUT2D eigenvalue weighted by molar-refractivity contribution is 6.31. The molecule has 4 nitrogen and oxygen atoms in total. The van der Waals surface area contributed by atoms with Crippen molar-refractivity contribution in [2.24, 2.45) is 0 Å². The fourth-order valence-electron chi connectivity index (χ4n) is 1.38. The number of aromatic nitrogens is 2. The Balaban J connectivity index is 2.95. The number of ether oxygens (including phenoxy) is 1. The van der Waals surface area contributed by atoms with Gasteiger partial charge in [0.15, 0.2) is 11.0 Å². The summed E-state index contributed by atoms with van der Waals surface area (Å²) in [6.07, 6.45) is 0. The average molecular weight is 244 g/mol. The van der Waals surface area contributed by atoms with E-state index in [9.17, 15) is 0 Å². The van der Waals surface area contributed by atoms with Gasteiger partial charge in [-0.05, 0) is 20.8 Å². The van der Waals surface area contributed by atoms with Gasteiger partial charge in [-0.2, -0.15) is 0 Å². The lowest BCUT2D eigenvalue weighted by Crippen LogP contribution is -2.28. The van der Waals surface area contributed by atoms with Crippen LogP contribution < -0.4 is 4.90 Å². The summed E-state index contributed by atoms with van der Waals surface area (Å²) in [5, 5.41) is 0.459. The SMILES string of the molecule is CCN(CCOC)c1nc(C)c(C)nc1Cl. The number of hydrogen-bond donors (Lipinski definition) is 0. The summed E-state index contributed by atoms with van der Waals surface area (Å²) in [6, 6.07) is 0. The summed E-state index contributed by atoms with van der Waals surface area (Å²) in [6.45, 7) is 8.15. The number of nitrogens with zero attached hydrogens (tertiary/aromatic N) is 3. The van der Waals surface area contributed by atoms with Gasteiger partial charge in [-0.15, -0.1) is 0 Å². The van der Waals surface area contributed by atoms with Gasteiger partial charge < -0.3 is 9.64 Å². The number of rotatable bonds is 5. The lowest BCUT2D eigenvalue weighted by atomic mass is 10.3. The number of hydrogen-bond acceptors (Lipinski definition) is 4. The van der Waals surface area contributed by atoms with Crippen molar-refractivity contribution in [3.8, 4) is 0 Å². The number of halogens is 1. The molecule has 0 radical (unpaired) electrons. The first kappa shape index (κ1) is 13.2. The Bertz CT molecular complexity index is 357. The predicted molar refractivity (Wildman–Crippen MR) is 66.3 cm³/mol. The molecule has 0 aliphatic rings. The van der Waals surface area contributed by atoms with E-state index in [0.717, 1.165) is 30.3 Å². The molecule has 0 aliphatic carbocycles. The molecule has 1 aromatic rings. The number of aryl methyl sites for hydroxylation is 2. The molecule has 0 fully saturated rings. The first-order chi connectivity index (χ1) is 7.60. The van der Waals surface area contributed by atoms with Crippen LogP contribution in [0.4, 0.5) is 5.82 Å². The molecule has 1 heterocycles. The smallest absolute Gasteiger partial charge is 0.171 e. The van der Waals surface area contributed by atoms with Crippen LogP contribution in [-0.2, 0) is 4.74 Å². The maximum atomic E-state index is 6.10. The molecule has 0 saturated carbocycles. The van der Waals surface area contributed by atoms with Crippen LogP contribution in [-0.4, -0.2) is 36.8 Å². The van der Waals surface area contributed by atoms with Crippen LogP contribution >= 0.6 is 11.6 Å². The number of anilines is 1.